The summed E-state index contributed by atoms with van der Waals surface area (Å²) in [6.45, 7) is 2.40. The van der Waals surface area contributed by atoms with E-state index in [9.17, 15) is 0 Å². The number of hydrogen-bond donors (Lipinski definition) is 1. The molecule has 0 heterocycles. The average molecular weight is 191 g/mol. The summed E-state index contributed by atoms with van der Waals surface area (Å²) in [5.74, 6) is 2.77. The van der Waals surface area contributed by atoms with Gasteiger partial charge in [0.05, 0.1) is 0 Å². The van der Waals surface area contributed by atoms with Gasteiger partial charge in [0, 0.05) is 12.1 Å². The van der Waals surface area contributed by atoms with Crippen LogP contribution in [-0.2, 0) is 0 Å². The molecule has 4 atom stereocenters. The van der Waals surface area contributed by atoms with E-state index in [4.69, 9.17) is 0 Å². The van der Waals surface area contributed by atoms with E-state index in [0.29, 0.717) is 0 Å². The zero-order valence-corrected chi connectivity index (χ0v) is 9.08. The molecule has 2 saturated carbocycles. The zero-order chi connectivity index (χ0) is 9.54. The SMILES string of the molecule is CC(NC1CCC1)C1CC2C=CC1C2. The smallest absolute Gasteiger partial charge is 0.00754 e. The van der Waals surface area contributed by atoms with Gasteiger partial charge in [-0.25, -0.2) is 0 Å². The van der Waals surface area contributed by atoms with Gasteiger partial charge in [0.2, 0.25) is 0 Å². The highest BCUT2D eigenvalue weighted by atomic mass is 15.0. The Morgan fingerprint density at radius 3 is 2.57 bits per heavy atom. The second kappa shape index (κ2) is 3.37. The van der Waals surface area contributed by atoms with Crippen LogP contribution in [0.25, 0.3) is 0 Å². The Kier molecular flexibility index (Phi) is 2.16. The van der Waals surface area contributed by atoms with Gasteiger partial charge in [-0.05, 0) is 50.4 Å². The van der Waals surface area contributed by atoms with Crippen LogP contribution in [0.4, 0.5) is 0 Å². The van der Waals surface area contributed by atoms with E-state index in [1.54, 1.807) is 0 Å². The lowest BCUT2D eigenvalue weighted by molar-refractivity contribution is 0.247. The molecule has 0 aromatic heterocycles. The van der Waals surface area contributed by atoms with Crippen molar-refractivity contribution >= 4 is 0 Å². The fourth-order valence-corrected chi connectivity index (χ4v) is 3.47. The average Bonchev–Trinajstić information content (AvgIpc) is 2.71. The zero-order valence-electron chi connectivity index (χ0n) is 9.08. The lowest BCUT2D eigenvalue weighted by atomic mass is 9.85. The molecule has 14 heavy (non-hydrogen) atoms. The van der Waals surface area contributed by atoms with Crippen molar-refractivity contribution in [2.75, 3.05) is 0 Å². The highest BCUT2D eigenvalue weighted by molar-refractivity contribution is 5.11. The maximum atomic E-state index is 3.81. The Bertz CT molecular complexity index is 242. The molecule has 0 saturated heterocycles. The molecule has 1 nitrogen and oxygen atoms in total. The van der Waals surface area contributed by atoms with E-state index < -0.39 is 0 Å². The number of hydrogen-bond acceptors (Lipinski definition) is 1. The summed E-state index contributed by atoms with van der Waals surface area (Å²) in [4.78, 5) is 0. The van der Waals surface area contributed by atoms with Gasteiger partial charge in [0.25, 0.3) is 0 Å². The molecule has 78 valence electrons. The first-order valence-electron chi connectivity index (χ1n) is 6.27. The predicted molar refractivity (Wildman–Crippen MR) is 59.1 cm³/mol. The van der Waals surface area contributed by atoms with Gasteiger partial charge in [-0.15, -0.1) is 0 Å². The van der Waals surface area contributed by atoms with Crippen LogP contribution >= 0.6 is 0 Å². The molecule has 2 fully saturated rings. The van der Waals surface area contributed by atoms with E-state index in [1.165, 1.54) is 32.1 Å². The Hall–Kier alpha value is -0.300. The van der Waals surface area contributed by atoms with Gasteiger partial charge in [0.15, 0.2) is 0 Å². The van der Waals surface area contributed by atoms with E-state index in [1.807, 2.05) is 0 Å². The van der Waals surface area contributed by atoms with Crippen molar-refractivity contribution in [3.8, 4) is 0 Å². The lowest BCUT2D eigenvalue weighted by Gasteiger charge is -2.34. The Labute approximate surface area is 87.0 Å². The fraction of sp³-hybridized carbons (Fsp3) is 0.846. The van der Waals surface area contributed by atoms with Crippen LogP contribution in [0.1, 0.15) is 39.0 Å². The summed E-state index contributed by atoms with van der Waals surface area (Å²) < 4.78 is 0. The van der Waals surface area contributed by atoms with Crippen molar-refractivity contribution < 1.29 is 0 Å². The van der Waals surface area contributed by atoms with Gasteiger partial charge in [-0.1, -0.05) is 18.6 Å². The highest BCUT2D eigenvalue weighted by Gasteiger charge is 2.39. The summed E-state index contributed by atoms with van der Waals surface area (Å²) in [7, 11) is 0. The number of rotatable bonds is 3. The molecule has 4 unspecified atom stereocenters. The number of allylic oxidation sites excluding steroid dienone is 2. The molecule has 3 rings (SSSR count). The third-order valence-electron chi connectivity index (χ3n) is 4.58. The minimum Gasteiger partial charge on any atom is -0.311 e. The van der Waals surface area contributed by atoms with Crippen molar-refractivity contribution in [2.24, 2.45) is 17.8 Å². The minimum absolute atomic E-state index is 0.750. The Morgan fingerprint density at radius 1 is 1.21 bits per heavy atom. The van der Waals surface area contributed by atoms with Crippen LogP contribution < -0.4 is 5.32 Å². The Morgan fingerprint density at radius 2 is 2.07 bits per heavy atom. The molecule has 0 aliphatic heterocycles. The third-order valence-corrected chi connectivity index (χ3v) is 4.58. The van der Waals surface area contributed by atoms with Crippen LogP contribution in [0.2, 0.25) is 0 Å². The van der Waals surface area contributed by atoms with Crippen molar-refractivity contribution in [3.63, 3.8) is 0 Å². The summed E-state index contributed by atoms with van der Waals surface area (Å²) in [5, 5.41) is 3.81. The van der Waals surface area contributed by atoms with E-state index in [0.717, 1.165) is 29.8 Å². The second-order valence-electron chi connectivity index (χ2n) is 5.53. The normalized spacial score (nSPS) is 42.8. The first-order chi connectivity index (χ1) is 6.83. The van der Waals surface area contributed by atoms with E-state index >= 15 is 0 Å². The molecule has 0 radical (unpaired) electrons. The van der Waals surface area contributed by atoms with Gasteiger partial charge in [-0.2, -0.15) is 0 Å². The van der Waals surface area contributed by atoms with Gasteiger partial charge >= 0.3 is 0 Å². The first kappa shape index (κ1) is 8.96. The maximum Gasteiger partial charge on any atom is 0.00754 e. The quantitative estimate of drug-likeness (QED) is 0.676. The summed E-state index contributed by atoms with van der Waals surface area (Å²) in [6.07, 6.45) is 12.1. The van der Waals surface area contributed by atoms with Gasteiger partial charge in [-0.3, -0.25) is 0 Å². The molecular weight excluding hydrogens is 170 g/mol. The molecule has 0 aromatic carbocycles. The standard InChI is InChI=1S/C13H21N/c1-9(14-12-3-2-4-12)13-8-10-5-6-11(13)7-10/h5-6,9-14H,2-4,7-8H2,1H3. The largest absolute Gasteiger partial charge is 0.311 e. The molecule has 3 aliphatic carbocycles. The summed E-state index contributed by atoms with van der Waals surface area (Å²) >= 11 is 0. The molecule has 0 amide bonds. The fourth-order valence-electron chi connectivity index (χ4n) is 3.47. The molecule has 1 heteroatoms. The van der Waals surface area contributed by atoms with Crippen molar-refractivity contribution in [2.45, 2.75) is 51.1 Å². The monoisotopic (exact) mass is 191 g/mol. The van der Waals surface area contributed by atoms with Crippen molar-refractivity contribution in [1.29, 1.82) is 0 Å². The van der Waals surface area contributed by atoms with Gasteiger partial charge in [0.1, 0.15) is 0 Å². The predicted octanol–water partition coefficient (Wildman–Crippen LogP) is 2.73. The lowest BCUT2D eigenvalue weighted by Crippen LogP contribution is -2.45. The topological polar surface area (TPSA) is 12.0 Å². The van der Waals surface area contributed by atoms with Crippen LogP contribution in [0.15, 0.2) is 12.2 Å². The molecule has 0 aromatic rings. The summed E-state index contributed by atoms with van der Waals surface area (Å²) in [5.41, 5.74) is 0. The molecule has 3 aliphatic rings. The second-order valence-corrected chi connectivity index (χ2v) is 5.53. The molecule has 0 spiro atoms. The van der Waals surface area contributed by atoms with Crippen LogP contribution in [0.3, 0.4) is 0 Å². The van der Waals surface area contributed by atoms with Gasteiger partial charge < -0.3 is 5.32 Å². The van der Waals surface area contributed by atoms with Crippen molar-refractivity contribution in [3.05, 3.63) is 12.2 Å². The third kappa shape index (κ3) is 1.42. The van der Waals surface area contributed by atoms with Crippen LogP contribution in [0, 0.1) is 17.8 Å². The molecule has 1 N–H and O–H groups in total. The summed E-state index contributed by atoms with van der Waals surface area (Å²) in [6, 6.07) is 1.60. The molecular formula is C13H21N. The number of fused-ring (bicyclic) bond motifs is 2. The van der Waals surface area contributed by atoms with E-state index in [-0.39, 0.29) is 0 Å². The Balaban J connectivity index is 1.57. The number of nitrogens with one attached hydrogen (secondary N) is 1. The first-order valence-corrected chi connectivity index (χ1v) is 6.27. The van der Waals surface area contributed by atoms with E-state index in [2.05, 4.69) is 24.4 Å². The van der Waals surface area contributed by atoms with Crippen LogP contribution in [-0.4, -0.2) is 12.1 Å². The maximum absolute atomic E-state index is 3.81. The minimum atomic E-state index is 0.750. The van der Waals surface area contributed by atoms with Crippen molar-refractivity contribution in [1.82, 2.24) is 5.32 Å². The molecule has 2 bridgehead atoms. The van der Waals surface area contributed by atoms with Crippen LogP contribution in [0.5, 0.6) is 0 Å². The highest BCUT2D eigenvalue weighted by Crippen LogP contribution is 2.45.